The van der Waals surface area contributed by atoms with Crippen molar-refractivity contribution in [3.8, 4) is 5.75 Å². The van der Waals surface area contributed by atoms with Crippen LogP contribution in [0.2, 0.25) is 23.3 Å². The van der Waals surface area contributed by atoms with Gasteiger partial charge in [-0.3, -0.25) is 0 Å². The van der Waals surface area contributed by atoms with E-state index in [1.165, 1.54) is 0 Å². The first-order valence-electron chi connectivity index (χ1n) is 8.64. The number of pyridine rings is 1. The van der Waals surface area contributed by atoms with Gasteiger partial charge in [-0.2, -0.15) is 0 Å². The molecule has 4 nitrogen and oxygen atoms in total. The highest BCUT2D eigenvalue weighted by Gasteiger charge is 2.38. The van der Waals surface area contributed by atoms with Crippen LogP contribution in [-0.2, 0) is 9.16 Å². The second kappa shape index (κ2) is 7.73. The molecule has 1 aliphatic rings. The molecule has 0 saturated carbocycles. The Morgan fingerprint density at radius 2 is 2.08 bits per heavy atom. The molecule has 0 radical (unpaired) electrons. The summed E-state index contributed by atoms with van der Waals surface area (Å²) in [6.07, 6.45) is 1.02. The van der Waals surface area contributed by atoms with E-state index in [0.29, 0.717) is 24.3 Å². The fourth-order valence-electron chi connectivity index (χ4n) is 2.48. The Hall–Kier alpha value is -0.623. The zero-order chi connectivity index (χ0) is 18.0. The number of hydrogen-bond donors (Lipinski definition) is 0. The molecule has 24 heavy (non-hydrogen) atoms. The van der Waals surface area contributed by atoms with E-state index in [9.17, 15) is 0 Å². The molecule has 1 aliphatic heterocycles. The van der Waals surface area contributed by atoms with E-state index in [0.717, 1.165) is 24.5 Å². The summed E-state index contributed by atoms with van der Waals surface area (Å²) in [7, 11) is -1.78. The molecule has 0 bridgehead atoms. The van der Waals surface area contributed by atoms with Gasteiger partial charge in [0.1, 0.15) is 17.5 Å². The summed E-state index contributed by atoms with van der Waals surface area (Å²) < 4.78 is 17.7. The van der Waals surface area contributed by atoms with Crippen LogP contribution in [0.25, 0.3) is 0 Å². The summed E-state index contributed by atoms with van der Waals surface area (Å²) in [5.74, 6) is 1.06. The van der Waals surface area contributed by atoms with Crippen molar-refractivity contribution in [3.05, 3.63) is 23.0 Å². The van der Waals surface area contributed by atoms with Gasteiger partial charge in [0.15, 0.2) is 8.32 Å². The second-order valence-corrected chi connectivity index (χ2v) is 13.3. The molecule has 0 amide bonds. The topological polar surface area (TPSA) is 40.6 Å². The third-order valence-electron chi connectivity index (χ3n) is 4.92. The summed E-state index contributed by atoms with van der Waals surface area (Å²) in [4.78, 5) is 4.42. The second-order valence-electron chi connectivity index (χ2n) is 8.11. The van der Waals surface area contributed by atoms with Crippen LogP contribution in [-0.4, -0.2) is 39.2 Å². The van der Waals surface area contributed by atoms with Gasteiger partial charge >= 0.3 is 0 Å². The lowest BCUT2D eigenvalue weighted by Crippen LogP contribution is -2.44. The normalized spacial score (nSPS) is 20.2. The Kier molecular flexibility index (Phi) is 6.34. The number of halogens is 1. The Morgan fingerprint density at radius 3 is 2.67 bits per heavy atom. The lowest BCUT2D eigenvalue weighted by Gasteiger charge is -2.38. The standard InChI is InChI=1S/C18H30ClNO3Si/c1-13(23-24(5,6)18(2,3)4)11-22-15-9-16(20-17(19)10-15)14-7-8-21-12-14/h9-10,13-14H,7-8,11-12H2,1-6H3/t13-,14?/m1/s1. The molecular weight excluding hydrogens is 342 g/mol. The molecule has 2 rings (SSSR count). The first-order valence-corrected chi connectivity index (χ1v) is 11.9. The lowest BCUT2D eigenvalue weighted by molar-refractivity contribution is 0.129. The van der Waals surface area contributed by atoms with Gasteiger partial charge in [-0.15, -0.1) is 0 Å². The van der Waals surface area contributed by atoms with E-state index >= 15 is 0 Å². The van der Waals surface area contributed by atoms with E-state index in [-0.39, 0.29) is 11.1 Å². The SMILES string of the molecule is C[C@H](COc1cc(Cl)nc(C2CCOC2)c1)O[Si](C)(C)C(C)(C)C. The van der Waals surface area contributed by atoms with Crippen LogP contribution in [0.5, 0.6) is 5.75 Å². The fraction of sp³-hybridized carbons (Fsp3) is 0.722. The molecule has 6 heteroatoms. The van der Waals surface area contributed by atoms with Crippen molar-refractivity contribution in [1.82, 2.24) is 4.98 Å². The minimum Gasteiger partial charge on any atom is -0.491 e. The molecule has 1 saturated heterocycles. The Morgan fingerprint density at radius 1 is 1.38 bits per heavy atom. The number of rotatable bonds is 6. The highest BCUT2D eigenvalue weighted by atomic mass is 35.5. The molecule has 1 fully saturated rings. The third-order valence-corrected chi connectivity index (χ3v) is 9.72. The van der Waals surface area contributed by atoms with Crippen molar-refractivity contribution in [3.63, 3.8) is 0 Å². The number of hydrogen-bond acceptors (Lipinski definition) is 4. The van der Waals surface area contributed by atoms with E-state index in [1.54, 1.807) is 6.07 Å². The number of aromatic nitrogens is 1. The van der Waals surface area contributed by atoms with Gasteiger partial charge in [0.05, 0.1) is 18.4 Å². The quantitative estimate of drug-likeness (QED) is 0.519. The Balaban J connectivity index is 1.96. The highest BCUT2D eigenvalue weighted by molar-refractivity contribution is 6.74. The van der Waals surface area contributed by atoms with Crippen LogP contribution in [0.1, 0.15) is 45.7 Å². The van der Waals surface area contributed by atoms with Crippen LogP contribution >= 0.6 is 11.6 Å². The molecule has 1 unspecified atom stereocenters. The minimum absolute atomic E-state index is 0.0381. The molecule has 1 aromatic heterocycles. The van der Waals surface area contributed by atoms with Crippen molar-refractivity contribution >= 4 is 19.9 Å². The molecule has 1 aromatic rings. The van der Waals surface area contributed by atoms with E-state index < -0.39 is 8.32 Å². The zero-order valence-electron chi connectivity index (χ0n) is 15.7. The van der Waals surface area contributed by atoms with Gasteiger partial charge in [0.2, 0.25) is 0 Å². The van der Waals surface area contributed by atoms with E-state index in [2.05, 4.69) is 45.8 Å². The van der Waals surface area contributed by atoms with E-state index in [1.807, 2.05) is 6.07 Å². The summed E-state index contributed by atoms with van der Waals surface area (Å²) in [6, 6.07) is 3.74. The molecule has 136 valence electrons. The van der Waals surface area contributed by atoms with Crippen LogP contribution in [0.15, 0.2) is 12.1 Å². The summed E-state index contributed by atoms with van der Waals surface area (Å²) in [6.45, 7) is 15.3. The first kappa shape index (κ1) is 19.7. The van der Waals surface area contributed by atoms with Crippen molar-refractivity contribution < 1.29 is 13.9 Å². The molecule has 0 aromatic carbocycles. The fourth-order valence-corrected chi connectivity index (χ4v) is 4.11. The number of nitrogens with zero attached hydrogens (tertiary/aromatic N) is 1. The van der Waals surface area contributed by atoms with Gasteiger partial charge in [0.25, 0.3) is 0 Å². The maximum Gasteiger partial charge on any atom is 0.192 e. The maximum absolute atomic E-state index is 6.33. The predicted molar refractivity (Wildman–Crippen MR) is 101 cm³/mol. The maximum atomic E-state index is 6.33. The van der Waals surface area contributed by atoms with Crippen molar-refractivity contribution in [2.75, 3.05) is 19.8 Å². The van der Waals surface area contributed by atoms with Crippen LogP contribution in [0, 0.1) is 0 Å². The van der Waals surface area contributed by atoms with Gasteiger partial charge < -0.3 is 13.9 Å². The molecule has 2 atom stereocenters. The predicted octanol–water partition coefficient (Wildman–Crippen LogP) is 5.03. The summed E-state index contributed by atoms with van der Waals surface area (Å²) in [5.41, 5.74) is 0.952. The van der Waals surface area contributed by atoms with Gasteiger partial charge in [-0.05, 0) is 31.5 Å². The van der Waals surface area contributed by atoms with Crippen LogP contribution in [0.4, 0.5) is 0 Å². The summed E-state index contributed by atoms with van der Waals surface area (Å²) in [5, 5.41) is 0.657. The Labute approximate surface area is 152 Å². The van der Waals surface area contributed by atoms with E-state index in [4.69, 9.17) is 25.5 Å². The average molecular weight is 372 g/mol. The molecule has 2 heterocycles. The third kappa shape index (κ3) is 5.18. The molecule has 0 N–H and O–H groups in total. The van der Waals surface area contributed by atoms with Crippen molar-refractivity contribution in [2.24, 2.45) is 0 Å². The van der Waals surface area contributed by atoms with Crippen LogP contribution < -0.4 is 4.74 Å². The molecule has 0 aliphatic carbocycles. The number of ether oxygens (including phenoxy) is 2. The largest absolute Gasteiger partial charge is 0.491 e. The lowest BCUT2D eigenvalue weighted by atomic mass is 10.0. The highest BCUT2D eigenvalue weighted by Crippen LogP contribution is 2.37. The van der Waals surface area contributed by atoms with Gasteiger partial charge in [-0.1, -0.05) is 32.4 Å². The van der Waals surface area contributed by atoms with Crippen molar-refractivity contribution in [1.29, 1.82) is 0 Å². The zero-order valence-corrected chi connectivity index (χ0v) is 17.4. The van der Waals surface area contributed by atoms with Crippen LogP contribution in [0.3, 0.4) is 0 Å². The Bertz CT molecular complexity index is 554. The monoisotopic (exact) mass is 371 g/mol. The van der Waals surface area contributed by atoms with Gasteiger partial charge in [0, 0.05) is 24.7 Å². The van der Waals surface area contributed by atoms with Gasteiger partial charge in [-0.25, -0.2) is 4.98 Å². The summed E-state index contributed by atoms with van der Waals surface area (Å²) >= 11 is 6.15. The molecule has 0 spiro atoms. The van der Waals surface area contributed by atoms with Crippen molar-refractivity contribution in [2.45, 2.75) is 64.3 Å². The minimum atomic E-state index is -1.78. The average Bonchev–Trinajstić information content (AvgIpc) is 2.97. The first-order chi connectivity index (χ1) is 11.1. The smallest absolute Gasteiger partial charge is 0.192 e. The molecular formula is C18H30ClNO3Si.